The molecule has 2 atom stereocenters. The zero-order valence-corrected chi connectivity index (χ0v) is 11.6. The van der Waals surface area contributed by atoms with Gasteiger partial charge in [0.25, 0.3) is 0 Å². The van der Waals surface area contributed by atoms with Crippen LogP contribution in [0.15, 0.2) is 22.8 Å². The van der Waals surface area contributed by atoms with Crippen LogP contribution in [0.4, 0.5) is 13.2 Å². The van der Waals surface area contributed by atoms with E-state index in [9.17, 15) is 18.0 Å². The van der Waals surface area contributed by atoms with Gasteiger partial charge in [-0.2, -0.15) is 13.2 Å². The average molecular weight is 319 g/mol. The quantitative estimate of drug-likeness (QED) is 0.818. The zero-order chi connectivity index (χ0) is 16.3. The molecule has 0 bridgehead atoms. The second kappa shape index (κ2) is 6.51. The molecule has 2 heterocycles. The van der Waals surface area contributed by atoms with Crippen LogP contribution >= 0.6 is 0 Å². The summed E-state index contributed by atoms with van der Waals surface area (Å²) in [7, 11) is 0. The van der Waals surface area contributed by atoms with Crippen LogP contribution < -0.4 is 5.32 Å². The second-order valence-electron chi connectivity index (χ2n) is 5.49. The van der Waals surface area contributed by atoms with Crippen molar-refractivity contribution in [1.82, 2.24) is 5.32 Å². The number of ketones is 1. The van der Waals surface area contributed by atoms with Crippen LogP contribution in [0, 0.1) is 17.8 Å². The van der Waals surface area contributed by atoms with Crippen LogP contribution in [0.5, 0.6) is 0 Å². The van der Waals surface area contributed by atoms with Crippen LogP contribution in [-0.2, 0) is 4.79 Å². The van der Waals surface area contributed by atoms with Gasteiger partial charge in [-0.1, -0.05) is 0 Å². The van der Waals surface area contributed by atoms with Gasteiger partial charge in [0.1, 0.15) is 0 Å². The molecule has 2 fully saturated rings. The third kappa shape index (κ3) is 3.88. The summed E-state index contributed by atoms with van der Waals surface area (Å²) in [6.07, 6.45) is -1.43. The number of nitrogens with one attached hydrogen (secondary N) is 1. The van der Waals surface area contributed by atoms with Gasteiger partial charge in [0.15, 0.2) is 5.76 Å². The van der Waals surface area contributed by atoms with E-state index in [2.05, 4.69) is 5.32 Å². The normalized spacial score (nSPS) is 24.5. The molecule has 5 nitrogen and oxygen atoms in total. The van der Waals surface area contributed by atoms with E-state index in [1.54, 1.807) is 18.4 Å². The number of alkyl halides is 3. The van der Waals surface area contributed by atoms with E-state index in [4.69, 9.17) is 14.3 Å². The van der Waals surface area contributed by atoms with Gasteiger partial charge < -0.3 is 14.8 Å². The van der Waals surface area contributed by atoms with Gasteiger partial charge in [-0.05, 0) is 49.9 Å². The Morgan fingerprint density at radius 3 is 2.18 bits per heavy atom. The lowest BCUT2D eigenvalue weighted by Crippen LogP contribution is -2.21. The lowest BCUT2D eigenvalue weighted by Gasteiger charge is -2.07. The molecule has 3 rings (SSSR count). The number of carbonyl (C=O) groups excluding carboxylic acids is 1. The lowest BCUT2D eigenvalue weighted by atomic mass is 9.99. The molecule has 2 aliphatic rings. The van der Waals surface area contributed by atoms with E-state index in [-0.39, 0.29) is 11.7 Å². The molecule has 1 aliphatic carbocycles. The number of fused-ring (bicyclic) bond motifs is 1. The molecular formula is C14H16F3NO4. The fraction of sp³-hybridized carbons (Fsp3) is 0.571. The Labute approximate surface area is 124 Å². The summed E-state index contributed by atoms with van der Waals surface area (Å²) < 4.78 is 36.9. The molecule has 0 aromatic carbocycles. The average Bonchev–Trinajstić information content (AvgIpc) is 3.14. The minimum atomic E-state index is -5.08. The Hall–Kier alpha value is -1.83. The molecule has 1 saturated heterocycles. The first-order valence-electron chi connectivity index (χ1n) is 6.87. The highest BCUT2D eigenvalue weighted by molar-refractivity contribution is 5.95. The SMILES string of the molecule is O=C(O)C(F)(F)F.O=C(c1ccco1)C1C[C@H]2CNC[C@@H]2C1. The molecule has 1 aliphatic heterocycles. The van der Waals surface area contributed by atoms with Gasteiger partial charge >= 0.3 is 12.1 Å². The fourth-order valence-corrected chi connectivity index (χ4v) is 3.00. The monoisotopic (exact) mass is 319 g/mol. The Bertz CT molecular complexity index is 515. The Morgan fingerprint density at radius 2 is 1.77 bits per heavy atom. The number of Topliss-reactive ketones (excluding diaryl/α,β-unsaturated/α-hetero) is 1. The maximum absolute atomic E-state index is 12.0. The third-order valence-electron chi connectivity index (χ3n) is 4.03. The van der Waals surface area contributed by atoms with Gasteiger partial charge in [0.2, 0.25) is 5.78 Å². The second-order valence-corrected chi connectivity index (χ2v) is 5.49. The smallest absolute Gasteiger partial charge is 0.475 e. The molecule has 1 saturated carbocycles. The standard InChI is InChI=1S/C12H15NO2.C2HF3O2/c14-12(11-2-1-3-15-11)8-4-9-6-13-7-10(9)5-8;3-2(4,5)1(6)7/h1-3,8-10,13H,4-7H2;(H,6,7)/t9-,10-;/m0./s1. The first-order chi connectivity index (χ1) is 10.3. The number of carbonyl (C=O) groups is 2. The minimum absolute atomic E-state index is 0.202. The van der Waals surface area contributed by atoms with Crippen molar-refractivity contribution in [3.63, 3.8) is 0 Å². The van der Waals surface area contributed by atoms with E-state index < -0.39 is 12.1 Å². The zero-order valence-electron chi connectivity index (χ0n) is 11.6. The maximum Gasteiger partial charge on any atom is 0.490 e. The summed E-state index contributed by atoms with van der Waals surface area (Å²) in [6, 6.07) is 3.55. The predicted octanol–water partition coefficient (Wildman–Crippen LogP) is 2.34. The van der Waals surface area contributed by atoms with Crippen molar-refractivity contribution in [1.29, 1.82) is 0 Å². The highest BCUT2D eigenvalue weighted by Crippen LogP contribution is 2.39. The van der Waals surface area contributed by atoms with Crippen molar-refractivity contribution >= 4 is 11.8 Å². The first kappa shape index (κ1) is 16.5. The molecule has 8 heteroatoms. The Kier molecular flexibility index (Phi) is 4.90. The predicted molar refractivity (Wildman–Crippen MR) is 69.3 cm³/mol. The van der Waals surface area contributed by atoms with E-state index in [1.807, 2.05) is 0 Å². The number of carboxylic acids is 1. The molecule has 0 amide bonds. The summed E-state index contributed by atoms with van der Waals surface area (Å²) in [4.78, 5) is 20.9. The first-order valence-corrected chi connectivity index (χ1v) is 6.87. The highest BCUT2D eigenvalue weighted by Gasteiger charge is 2.41. The van der Waals surface area contributed by atoms with Gasteiger partial charge in [-0.25, -0.2) is 4.79 Å². The minimum Gasteiger partial charge on any atom is -0.475 e. The number of hydrogen-bond acceptors (Lipinski definition) is 4. The molecule has 0 radical (unpaired) electrons. The largest absolute Gasteiger partial charge is 0.490 e. The van der Waals surface area contributed by atoms with Gasteiger partial charge in [0, 0.05) is 5.92 Å². The summed E-state index contributed by atoms with van der Waals surface area (Å²) in [5.41, 5.74) is 0. The van der Waals surface area contributed by atoms with E-state index >= 15 is 0 Å². The van der Waals surface area contributed by atoms with Gasteiger partial charge in [-0.15, -0.1) is 0 Å². The van der Waals surface area contributed by atoms with Crippen molar-refractivity contribution in [3.8, 4) is 0 Å². The van der Waals surface area contributed by atoms with Crippen molar-refractivity contribution in [2.75, 3.05) is 13.1 Å². The number of halogens is 3. The van der Waals surface area contributed by atoms with Gasteiger partial charge in [-0.3, -0.25) is 4.79 Å². The molecular weight excluding hydrogens is 303 g/mol. The summed E-state index contributed by atoms with van der Waals surface area (Å²) in [5, 5.41) is 10.5. The number of hydrogen-bond donors (Lipinski definition) is 2. The molecule has 2 N–H and O–H groups in total. The Morgan fingerprint density at radius 1 is 1.23 bits per heavy atom. The molecule has 122 valence electrons. The summed E-state index contributed by atoms with van der Waals surface area (Å²) in [5.74, 6) is -0.383. The van der Waals surface area contributed by atoms with Crippen molar-refractivity contribution in [2.45, 2.75) is 19.0 Å². The molecule has 1 aromatic heterocycles. The van der Waals surface area contributed by atoms with Crippen LogP contribution in [0.3, 0.4) is 0 Å². The Balaban J connectivity index is 0.000000217. The van der Waals surface area contributed by atoms with Crippen LogP contribution in [0.1, 0.15) is 23.4 Å². The van der Waals surface area contributed by atoms with Gasteiger partial charge in [0.05, 0.1) is 6.26 Å². The van der Waals surface area contributed by atoms with Crippen LogP contribution in [-0.4, -0.2) is 36.1 Å². The number of carboxylic acid groups (broad SMARTS) is 1. The van der Waals surface area contributed by atoms with Crippen molar-refractivity contribution in [3.05, 3.63) is 24.2 Å². The fourth-order valence-electron chi connectivity index (χ4n) is 3.00. The van der Waals surface area contributed by atoms with E-state index in [0.29, 0.717) is 17.6 Å². The summed E-state index contributed by atoms with van der Waals surface area (Å²) in [6.45, 7) is 2.18. The molecule has 0 spiro atoms. The topological polar surface area (TPSA) is 79.5 Å². The number of rotatable bonds is 2. The van der Waals surface area contributed by atoms with Crippen molar-refractivity contribution in [2.24, 2.45) is 17.8 Å². The highest BCUT2D eigenvalue weighted by atomic mass is 19.4. The summed E-state index contributed by atoms with van der Waals surface area (Å²) >= 11 is 0. The van der Waals surface area contributed by atoms with Crippen LogP contribution in [0.2, 0.25) is 0 Å². The van der Waals surface area contributed by atoms with Crippen LogP contribution in [0.25, 0.3) is 0 Å². The molecule has 0 unspecified atom stereocenters. The number of furan rings is 1. The lowest BCUT2D eigenvalue weighted by molar-refractivity contribution is -0.192. The molecule has 22 heavy (non-hydrogen) atoms. The third-order valence-corrected chi connectivity index (χ3v) is 4.03. The van der Waals surface area contributed by atoms with Crippen molar-refractivity contribution < 1.29 is 32.3 Å². The van der Waals surface area contributed by atoms with E-state index in [0.717, 1.165) is 25.9 Å². The number of aliphatic carboxylic acids is 1. The maximum atomic E-state index is 12.0. The van der Waals surface area contributed by atoms with E-state index in [1.165, 1.54) is 0 Å². The molecule has 1 aromatic rings.